The molecule has 2 aromatic carbocycles. The Balaban J connectivity index is 1.48. The highest BCUT2D eigenvalue weighted by Crippen LogP contribution is 2.26. The lowest BCUT2D eigenvalue weighted by atomic mass is 9.92. The van der Waals surface area contributed by atoms with Gasteiger partial charge in [0.25, 0.3) is 0 Å². The Morgan fingerprint density at radius 3 is 2.41 bits per heavy atom. The van der Waals surface area contributed by atoms with Gasteiger partial charge < -0.3 is 15.0 Å². The molecule has 3 aromatic rings. The van der Waals surface area contributed by atoms with Crippen LogP contribution in [0.15, 0.2) is 67.0 Å². The van der Waals surface area contributed by atoms with Crippen LogP contribution in [0.4, 0.5) is 5.69 Å². The van der Waals surface area contributed by atoms with Crippen LogP contribution in [0.1, 0.15) is 31.4 Å². The number of carbonyl (C=O) groups excluding carboxylic acids is 2. The lowest BCUT2D eigenvalue weighted by Gasteiger charge is -2.36. The predicted molar refractivity (Wildman–Crippen MR) is 121 cm³/mol. The second-order valence-electron chi connectivity index (χ2n) is 8.26. The van der Waals surface area contributed by atoms with Crippen LogP contribution in [-0.2, 0) is 22.6 Å². The molecule has 1 N–H and O–H groups in total. The molecule has 2 amide bonds. The van der Waals surface area contributed by atoms with Crippen molar-refractivity contribution in [1.82, 2.24) is 14.9 Å². The van der Waals surface area contributed by atoms with Gasteiger partial charge in [-0.05, 0) is 47.4 Å². The molecule has 0 saturated carbocycles. The normalized spacial score (nSPS) is 15.2. The Bertz CT molecular complexity index is 1080. The van der Waals surface area contributed by atoms with Crippen molar-refractivity contribution in [2.75, 3.05) is 5.32 Å². The Hall–Kier alpha value is -3.74. The van der Waals surface area contributed by atoms with E-state index in [0.29, 0.717) is 30.8 Å². The number of rotatable bonds is 6. The summed E-state index contributed by atoms with van der Waals surface area (Å²) >= 11 is 0. The van der Waals surface area contributed by atoms with Gasteiger partial charge >= 0.3 is 6.01 Å². The number of hydrogen-bond acceptors (Lipinski definition) is 5. The second kappa shape index (κ2) is 9.60. The van der Waals surface area contributed by atoms with Crippen LogP contribution in [0.25, 0.3) is 0 Å². The summed E-state index contributed by atoms with van der Waals surface area (Å²) in [5.74, 6) is 0.594. The Kier molecular flexibility index (Phi) is 6.44. The molecule has 0 bridgehead atoms. The Morgan fingerprint density at radius 1 is 1.03 bits per heavy atom. The van der Waals surface area contributed by atoms with E-state index in [9.17, 15) is 9.59 Å². The first-order valence-electron chi connectivity index (χ1n) is 10.7. The molecule has 32 heavy (non-hydrogen) atoms. The molecule has 1 aromatic heterocycles. The largest absolute Gasteiger partial charge is 0.424 e. The van der Waals surface area contributed by atoms with E-state index in [0.717, 1.165) is 11.1 Å². The molecule has 1 atom stereocenters. The average Bonchev–Trinajstić information content (AvgIpc) is 2.79. The molecule has 0 spiro atoms. The lowest BCUT2D eigenvalue weighted by Crippen LogP contribution is -2.50. The minimum Gasteiger partial charge on any atom is -0.424 e. The molecule has 7 nitrogen and oxygen atoms in total. The number of fused-ring (bicyclic) bond motifs is 1. The molecule has 0 fully saturated rings. The number of anilines is 1. The Labute approximate surface area is 187 Å². The van der Waals surface area contributed by atoms with Crippen molar-refractivity contribution in [3.63, 3.8) is 0 Å². The highest BCUT2D eigenvalue weighted by atomic mass is 16.5. The fourth-order valence-electron chi connectivity index (χ4n) is 3.76. The number of carbonyl (C=O) groups is 2. The van der Waals surface area contributed by atoms with Crippen molar-refractivity contribution in [3.8, 4) is 11.8 Å². The quantitative estimate of drug-likeness (QED) is 0.633. The van der Waals surface area contributed by atoms with Crippen molar-refractivity contribution in [3.05, 3.63) is 78.1 Å². The maximum Gasteiger partial charge on any atom is 0.321 e. The second-order valence-corrected chi connectivity index (χ2v) is 8.26. The molecular weight excluding hydrogens is 404 g/mol. The first-order chi connectivity index (χ1) is 15.5. The van der Waals surface area contributed by atoms with Crippen LogP contribution in [0, 0.1) is 5.92 Å². The fourth-order valence-corrected chi connectivity index (χ4v) is 3.76. The minimum atomic E-state index is -0.551. The zero-order chi connectivity index (χ0) is 22.5. The maximum absolute atomic E-state index is 13.2. The van der Waals surface area contributed by atoms with E-state index in [1.165, 1.54) is 0 Å². The van der Waals surface area contributed by atoms with E-state index >= 15 is 0 Å². The van der Waals surface area contributed by atoms with Crippen molar-refractivity contribution in [1.29, 1.82) is 0 Å². The van der Waals surface area contributed by atoms with Gasteiger partial charge in [0.15, 0.2) is 0 Å². The van der Waals surface area contributed by atoms with Gasteiger partial charge in [0.1, 0.15) is 11.8 Å². The van der Waals surface area contributed by atoms with Crippen LogP contribution in [-0.4, -0.2) is 32.7 Å². The number of aromatic nitrogens is 2. The summed E-state index contributed by atoms with van der Waals surface area (Å²) in [4.78, 5) is 35.9. The first-order valence-corrected chi connectivity index (χ1v) is 10.7. The molecule has 1 aliphatic heterocycles. The molecule has 1 unspecified atom stereocenters. The lowest BCUT2D eigenvalue weighted by molar-refractivity contribution is -0.140. The topological polar surface area (TPSA) is 84.4 Å². The molecule has 7 heteroatoms. The summed E-state index contributed by atoms with van der Waals surface area (Å²) in [5.41, 5.74) is 2.83. The van der Waals surface area contributed by atoms with E-state index in [4.69, 9.17) is 4.74 Å². The molecular formula is C25H26N4O3. The average molecular weight is 431 g/mol. The number of ether oxygens (including phenoxy) is 1. The van der Waals surface area contributed by atoms with Crippen molar-refractivity contribution < 1.29 is 14.3 Å². The van der Waals surface area contributed by atoms with Crippen molar-refractivity contribution >= 4 is 17.5 Å². The van der Waals surface area contributed by atoms with Gasteiger partial charge in [0.2, 0.25) is 11.8 Å². The van der Waals surface area contributed by atoms with Crippen LogP contribution < -0.4 is 10.1 Å². The fraction of sp³-hybridized carbons (Fsp3) is 0.280. The van der Waals surface area contributed by atoms with E-state index < -0.39 is 6.04 Å². The van der Waals surface area contributed by atoms with Crippen molar-refractivity contribution in [2.45, 2.75) is 39.3 Å². The monoisotopic (exact) mass is 430 g/mol. The van der Waals surface area contributed by atoms with Crippen LogP contribution in [0.3, 0.4) is 0 Å². The summed E-state index contributed by atoms with van der Waals surface area (Å²) in [6.07, 6.45) is 4.12. The van der Waals surface area contributed by atoms with Gasteiger partial charge in [0.05, 0.1) is 0 Å². The number of nitrogens with zero attached hydrogens (tertiary/aromatic N) is 3. The van der Waals surface area contributed by atoms with Crippen LogP contribution >= 0.6 is 0 Å². The zero-order valence-corrected chi connectivity index (χ0v) is 18.2. The zero-order valence-electron chi connectivity index (χ0n) is 18.2. The van der Waals surface area contributed by atoms with Crippen LogP contribution in [0.5, 0.6) is 11.8 Å². The highest BCUT2D eigenvalue weighted by molar-refractivity contribution is 5.97. The third kappa shape index (κ3) is 5.11. The molecule has 1 aliphatic rings. The predicted octanol–water partition coefficient (Wildman–Crippen LogP) is 4.21. The summed E-state index contributed by atoms with van der Waals surface area (Å²) in [6, 6.07) is 16.4. The van der Waals surface area contributed by atoms with Gasteiger partial charge in [-0.1, -0.05) is 38.1 Å². The minimum absolute atomic E-state index is 0.00117. The van der Waals surface area contributed by atoms with Crippen molar-refractivity contribution in [2.24, 2.45) is 5.92 Å². The number of benzene rings is 2. The molecule has 4 rings (SSSR count). The van der Waals surface area contributed by atoms with Crippen LogP contribution in [0.2, 0.25) is 0 Å². The van der Waals surface area contributed by atoms with E-state index in [-0.39, 0.29) is 23.7 Å². The van der Waals surface area contributed by atoms with Gasteiger partial charge in [-0.25, -0.2) is 9.97 Å². The molecule has 0 saturated heterocycles. The highest BCUT2D eigenvalue weighted by Gasteiger charge is 2.34. The summed E-state index contributed by atoms with van der Waals surface area (Å²) in [5, 5.41) is 2.95. The van der Waals surface area contributed by atoms with Gasteiger partial charge in [0, 0.05) is 37.5 Å². The number of hydrogen-bond donors (Lipinski definition) is 1. The molecule has 164 valence electrons. The third-order valence-electron chi connectivity index (χ3n) is 5.33. The standard InChI is InChI=1S/C25H26N4O3/c1-17(2)14-23(30)29-16-19-7-4-3-6-18(19)15-22(29)24(31)28-20-8-10-21(11-9-20)32-25-26-12-5-13-27-25/h3-13,17,22H,14-16H2,1-2H3,(H,28,31). The summed E-state index contributed by atoms with van der Waals surface area (Å²) in [7, 11) is 0. The first kappa shape index (κ1) is 21.5. The molecule has 2 heterocycles. The SMILES string of the molecule is CC(C)CC(=O)N1Cc2ccccc2CC1C(=O)Nc1ccc(Oc2ncccn2)cc1. The van der Waals surface area contributed by atoms with Gasteiger partial charge in [-0.3, -0.25) is 9.59 Å². The molecule has 0 radical (unpaired) electrons. The summed E-state index contributed by atoms with van der Waals surface area (Å²) in [6.45, 7) is 4.47. The van der Waals surface area contributed by atoms with E-state index in [1.807, 2.05) is 38.1 Å². The smallest absolute Gasteiger partial charge is 0.321 e. The van der Waals surface area contributed by atoms with E-state index in [2.05, 4.69) is 15.3 Å². The number of nitrogens with one attached hydrogen (secondary N) is 1. The van der Waals surface area contributed by atoms with Gasteiger partial charge in [-0.15, -0.1) is 0 Å². The third-order valence-corrected chi connectivity index (χ3v) is 5.33. The van der Waals surface area contributed by atoms with E-state index in [1.54, 1.807) is 47.6 Å². The number of amides is 2. The summed E-state index contributed by atoms with van der Waals surface area (Å²) < 4.78 is 5.59. The molecule has 0 aliphatic carbocycles. The van der Waals surface area contributed by atoms with Gasteiger partial charge in [-0.2, -0.15) is 0 Å². The maximum atomic E-state index is 13.2. The Morgan fingerprint density at radius 2 is 1.72 bits per heavy atom.